The topological polar surface area (TPSA) is 124 Å². The molecule has 2 aromatic heterocycles. The largest absolute Gasteiger partial charge is 0.461 e. The maximum absolute atomic E-state index is 11.9. The number of nitrogens with one attached hydrogen (secondary N) is 1. The average molecular weight is 339 g/mol. The van der Waals surface area contributed by atoms with Crippen molar-refractivity contribution in [1.82, 2.24) is 20.4 Å². The minimum Gasteiger partial charge on any atom is -0.461 e. The summed E-state index contributed by atoms with van der Waals surface area (Å²) in [4.78, 5) is 26.6. The third-order valence-corrected chi connectivity index (χ3v) is 3.43. The first kappa shape index (κ1) is 16.2. The molecule has 0 saturated carbocycles. The van der Waals surface area contributed by atoms with Crippen LogP contribution in [0.3, 0.4) is 0 Å². The molecule has 1 aromatic carbocycles. The summed E-state index contributed by atoms with van der Waals surface area (Å²) >= 11 is 0. The second-order valence-corrected chi connectivity index (χ2v) is 4.95. The number of hydrogen-bond acceptors (Lipinski definition) is 7. The predicted molar refractivity (Wildman–Crippen MR) is 87.7 cm³/mol. The van der Waals surface area contributed by atoms with Crippen LogP contribution in [0.1, 0.15) is 17.4 Å². The molecule has 0 radical (unpaired) electrons. The molecule has 3 aromatic rings. The molecule has 126 valence electrons. The zero-order chi connectivity index (χ0) is 17.8. The van der Waals surface area contributed by atoms with Crippen LogP contribution in [0.4, 0.5) is 5.69 Å². The molecular formula is C16H13N5O4. The van der Waals surface area contributed by atoms with Crippen molar-refractivity contribution in [3.63, 3.8) is 0 Å². The van der Waals surface area contributed by atoms with E-state index in [1.807, 2.05) is 0 Å². The Morgan fingerprint density at radius 3 is 2.48 bits per heavy atom. The number of rotatable bonds is 5. The molecule has 0 fully saturated rings. The van der Waals surface area contributed by atoms with E-state index in [0.29, 0.717) is 16.8 Å². The maximum Gasteiger partial charge on any atom is 0.361 e. The Morgan fingerprint density at radius 1 is 1.16 bits per heavy atom. The first-order chi connectivity index (χ1) is 12.1. The van der Waals surface area contributed by atoms with Gasteiger partial charge in [-0.05, 0) is 13.0 Å². The molecule has 0 aliphatic heterocycles. The lowest BCUT2D eigenvalue weighted by Crippen LogP contribution is -2.06. The van der Waals surface area contributed by atoms with Crippen LogP contribution in [0.25, 0.3) is 22.5 Å². The van der Waals surface area contributed by atoms with Crippen molar-refractivity contribution in [3.05, 3.63) is 58.4 Å². The molecule has 0 aliphatic rings. The quantitative estimate of drug-likeness (QED) is 0.430. The molecule has 0 spiro atoms. The van der Waals surface area contributed by atoms with Crippen LogP contribution < -0.4 is 0 Å². The molecule has 0 amide bonds. The molecule has 0 bridgehead atoms. The lowest BCUT2D eigenvalue weighted by atomic mass is 10.0. The van der Waals surface area contributed by atoms with Crippen LogP contribution in [-0.2, 0) is 4.74 Å². The molecule has 0 aliphatic carbocycles. The van der Waals surface area contributed by atoms with Gasteiger partial charge in [0.1, 0.15) is 11.4 Å². The molecule has 0 atom stereocenters. The Kier molecular flexibility index (Phi) is 4.46. The van der Waals surface area contributed by atoms with E-state index in [1.165, 1.54) is 18.3 Å². The molecule has 2 heterocycles. The van der Waals surface area contributed by atoms with E-state index in [9.17, 15) is 14.9 Å². The number of esters is 1. The van der Waals surface area contributed by atoms with Crippen molar-refractivity contribution in [2.24, 2.45) is 0 Å². The Morgan fingerprint density at radius 2 is 1.84 bits per heavy atom. The van der Waals surface area contributed by atoms with Gasteiger partial charge in [-0.15, -0.1) is 5.10 Å². The number of pyridine rings is 1. The summed E-state index contributed by atoms with van der Waals surface area (Å²) in [6.45, 7) is 1.93. The van der Waals surface area contributed by atoms with E-state index in [4.69, 9.17) is 4.74 Å². The minimum atomic E-state index is -0.573. The van der Waals surface area contributed by atoms with Gasteiger partial charge >= 0.3 is 5.97 Å². The second kappa shape index (κ2) is 6.87. The van der Waals surface area contributed by atoms with Gasteiger partial charge in [-0.3, -0.25) is 10.1 Å². The van der Waals surface area contributed by atoms with Crippen LogP contribution in [0.2, 0.25) is 0 Å². The van der Waals surface area contributed by atoms with Crippen LogP contribution in [0, 0.1) is 10.1 Å². The lowest BCUT2D eigenvalue weighted by molar-refractivity contribution is -0.384. The van der Waals surface area contributed by atoms with Gasteiger partial charge in [0.25, 0.3) is 5.69 Å². The van der Waals surface area contributed by atoms with Crippen LogP contribution in [0.5, 0.6) is 0 Å². The summed E-state index contributed by atoms with van der Waals surface area (Å²) in [5, 5.41) is 21.3. The zero-order valence-corrected chi connectivity index (χ0v) is 13.2. The van der Waals surface area contributed by atoms with Crippen LogP contribution in [0.15, 0.2) is 42.6 Å². The smallest absolute Gasteiger partial charge is 0.361 e. The molecule has 0 unspecified atom stereocenters. The summed E-state index contributed by atoms with van der Waals surface area (Å²) in [7, 11) is 0. The summed E-state index contributed by atoms with van der Waals surface area (Å²) in [6.07, 6.45) is 1.49. The van der Waals surface area contributed by atoms with Crippen LogP contribution >= 0.6 is 0 Å². The van der Waals surface area contributed by atoms with Gasteiger partial charge in [-0.2, -0.15) is 10.3 Å². The average Bonchev–Trinajstić information content (AvgIpc) is 3.12. The van der Waals surface area contributed by atoms with Crippen molar-refractivity contribution in [2.45, 2.75) is 6.92 Å². The van der Waals surface area contributed by atoms with Gasteiger partial charge in [0, 0.05) is 23.4 Å². The highest BCUT2D eigenvalue weighted by molar-refractivity contribution is 5.94. The zero-order valence-electron chi connectivity index (χ0n) is 13.2. The van der Waals surface area contributed by atoms with Crippen molar-refractivity contribution < 1.29 is 14.5 Å². The highest BCUT2D eigenvalue weighted by Crippen LogP contribution is 2.29. The predicted octanol–water partition coefficient (Wildman–Crippen LogP) is 2.62. The number of hydrogen-bond donors (Lipinski definition) is 1. The fraction of sp³-hybridized carbons (Fsp3) is 0.125. The summed E-state index contributed by atoms with van der Waals surface area (Å²) in [5.41, 5.74) is 1.82. The normalized spacial score (nSPS) is 10.4. The van der Waals surface area contributed by atoms with E-state index >= 15 is 0 Å². The van der Waals surface area contributed by atoms with Gasteiger partial charge in [0.2, 0.25) is 0 Å². The summed E-state index contributed by atoms with van der Waals surface area (Å²) in [5.74, 6) is -0.573. The molecule has 9 nitrogen and oxygen atoms in total. The Hall–Kier alpha value is -3.62. The summed E-state index contributed by atoms with van der Waals surface area (Å²) < 4.78 is 4.94. The molecule has 0 saturated heterocycles. The molecule has 25 heavy (non-hydrogen) atoms. The van der Waals surface area contributed by atoms with Crippen molar-refractivity contribution in [2.75, 3.05) is 6.61 Å². The lowest BCUT2D eigenvalue weighted by Gasteiger charge is -2.04. The van der Waals surface area contributed by atoms with Crippen LogP contribution in [-0.4, -0.2) is 37.9 Å². The van der Waals surface area contributed by atoms with E-state index in [1.54, 1.807) is 31.2 Å². The Labute approximate surface area is 141 Å². The van der Waals surface area contributed by atoms with E-state index < -0.39 is 10.9 Å². The van der Waals surface area contributed by atoms with Gasteiger partial charge in [-0.1, -0.05) is 24.3 Å². The number of ether oxygens (including phenoxy) is 1. The van der Waals surface area contributed by atoms with Crippen molar-refractivity contribution in [1.29, 1.82) is 0 Å². The number of H-pyrrole nitrogens is 1. The number of aromatic nitrogens is 4. The maximum atomic E-state index is 11.9. The van der Waals surface area contributed by atoms with E-state index in [-0.39, 0.29) is 23.7 Å². The number of carbonyl (C=O) groups excluding carboxylic acids is 1. The third kappa shape index (κ3) is 3.20. The molecule has 1 N–H and O–H groups in total. The van der Waals surface area contributed by atoms with Crippen molar-refractivity contribution >= 4 is 11.7 Å². The number of nitro groups is 1. The van der Waals surface area contributed by atoms with Crippen molar-refractivity contribution in [3.8, 4) is 22.5 Å². The fourth-order valence-corrected chi connectivity index (χ4v) is 2.33. The van der Waals surface area contributed by atoms with Gasteiger partial charge in [0.05, 0.1) is 11.5 Å². The Bertz CT molecular complexity index is 920. The first-order valence-corrected chi connectivity index (χ1v) is 7.40. The van der Waals surface area contributed by atoms with Gasteiger partial charge < -0.3 is 4.74 Å². The summed E-state index contributed by atoms with van der Waals surface area (Å²) in [6, 6.07) is 9.63. The number of carbonyl (C=O) groups is 1. The Balaban J connectivity index is 1.96. The van der Waals surface area contributed by atoms with Gasteiger partial charge in [-0.25, -0.2) is 9.78 Å². The highest BCUT2D eigenvalue weighted by Gasteiger charge is 2.20. The molecule has 9 heteroatoms. The number of nitrogens with zero attached hydrogens (tertiary/aromatic N) is 4. The van der Waals surface area contributed by atoms with E-state index in [2.05, 4.69) is 20.4 Å². The number of aromatic amines is 1. The third-order valence-electron chi connectivity index (χ3n) is 3.43. The molecule has 3 rings (SSSR count). The molecular weight excluding hydrogens is 326 g/mol. The van der Waals surface area contributed by atoms with Gasteiger partial charge in [0.15, 0.2) is 5.69 Å². The minimum absolute atomic E-state index is 0.0797. The van der Waals surface area contributed by atoms with E-state index in [0.717, 1.165) is 0 Å². The highest BCUT2D eigenvalue weighted by atomic mass is 16.6. The second-order valence-electron chi connectivity index (χ2n) is 4.95. The number of benzene rings is 1. The fourth-order valence-electron chi connectivity index (χ4n) is 2.33. The SMILES string of the molecule is CCOC(=O)c1n[nH]nc1-c1ccc(-c2ncccc2[N+](=O)[O-])cc1. The first-order valence-electron chi connectivity index (χ1n) is 7.40. The standard InChI is InChI=1S/C16H13N5O4/c1-2-25-16(22)15-14(18-20-19-15)11-7-5-10(6-8-11)13-12(21(23)24)4-3-9-17-13/h3-9H,2H2,1H3,(H,18,19,20). The monoisotopic (exact) mass is 339 g/mol.